The van der Waals surface area contributed by atoms with Crippen LogP contribution in [-0.4, -0.2) is 25.0 Å². The summed E-state index contributed by atoms with van der Waals surface area (Å²) < 4.78 is 11.5. The first-order chi connectivity index (χ1) is 16.0. The highest BCUT2D eigenvalue weighted by Crippen LogP contribution is 2.37. The molecule has 0 aliphatic rings. The fourth-order valence-corrected chi connectivity index (χ4v) is 3.24. The van der Waals surface area contributed by atoms with Crippen molar-refractivity contribution >= 4 is 28.8 Å². The molecule has 0 aromatic heterocycles. The lowest BCUT2D eigenvalue weighted by molar-refractivity contribution is -0.111. The van der Waals surface area contributed by atoms with Crippen molar-refractivity contribution in [3.8, 4) is 11.5 Å². The van der Waals surface area contributed by atoms with Crippen LogP contribution in [0.25, 0.3) is 5.57 Å². The number of hydrogen-bond donors (Lipinski definition) is 2. The van der Waals surface area contributed by atoms with Crippen LogP contribution in [0, 0.1) is 0 Å². The summed E-state index contributed by atoms with van der Waals surface area (Å²) in [5, 5.41) is 5.75. The molecule has 6 heteroatoms. The number of hydrogen-bond acceptors (Lipinski definition) is 4. The largest absolute Gasteiger partial charge is 0.492 e. The second-order valence-electron chi connectivity index (χ2n) is 7.21. The Morgan fingerprint density at radius 1 is 0.758 bits per heavy atom. The van der Waals surface area contributed by atoms with E-state index in [1.165, 1.54) is 6.08 Å². The fourth-order valence-electron chi connectivity index (χ4n) is 3.24. The van der Waals surface area contributed by atoms with Gasteiger partial charge in [0.05, 0.1) is 24.6 Å². The van der Waals surface area contributed by atoms with Crippen LogP contribution in [0.2, 0.25) is 0 Å². The molecule has 0 fully saturated rings. The van der Waals surface area contributed by atoms with Gasteiger partial charge in [0.25, 0.3) is 5.91 Å². The number of carbonyl (C=O) groups is 2. The van der Waals surface area contributed by atoms with Crippen LogP contribution in [-0.2, 0) is 4.79 Å². The quantitative estimate of drug-likeness (QED) is 0.410. The first-order valence-corrected chi connectivity index (χ1v) is 10.9. The van der Waals surface area contributed by atoms with Crippen LogP contribution in [0.3, 0.4) is 0 Å². The summed E-state index contributed by atoms with van der Waals surface area (Å²) in [7, 11) is 0. The lowest BCUT2D eigenvalue weighted by Gasteiger charge is -2.17. The van der Waals surface area contributed by atoms with E-state index in [1.54, 1.807) is 36.4 Å². The summed E-state index contributed by atoms with van der Waals surface area (Å²) in [4.78, 5) is 25.4. The fraction of sp³-hybridized carbons (Fsp3) is 0.185. The van der Waals surface area contributed by atoms with Crippen LogP contribution in [0.15, 0.2) is 78.9 Å². The molecule has 2 amide bonds. The second kappa shape index (κ2) is 11.5. The standard InChI is InChI=1S/C27H28N2O4/c1-4-32-24-18-23(29-27(31)21-14-10-7-11-15-21)25(33-5-2)17-22(24)28-26(30)16-19(3)20-12-8-6-9-13-20/h6-18H,4-5H2,1-3H3,(H,28,30)(H,29,31)/b19-16-. The van der Waals surface area contributed by atoms with E-state index in [4.69, 9.17) is 9.47 Å². The molecule has 3 aromatic carbocycles. The molecule has 33 heavy (non-hydrogen) atoms. The maximum atomic E-state index is 12.7. The summed E-state index contributed by atoms with van der Waals surface area (Å²) in [5.41, 5.74) is 3.24. The molecular formula is C27H28N2O4. The van der Waals surface area contributed by atoms with Crippen LogP contribution >= 0.6 is 0 Å². The van der Waals surface area contributed by atoms with Crippen LogP contribution in [0.1, 0.15) is 36.7 Å². The Hall–Kier alpha value is -4.06. The third-order valence-corrected chi connectivity index (χ3v) is 4.80. The molecule has 0 radical (unpaired) electrons. The van der Waals surface area contributed by atoms with Gasteiger partial charge in [-0.25, -0.2) is 0 Å². The van der Waals surface area contributed by atoms with E-state index in [0.29, 0.717) is 41.7 Å². The Kier molecular flexibility index (Phi) is 8.24. The van der Waals surface area contributed by atoms with Gasteiger partial charge in [-0.2, -0.15) is 0 Å². The van der Waals surface area contributed by atoms with Crippen molar-refractivity contribution in [1.82, 2.24) is 0 Å². The van der Waals surface area contributed by atoms with E-state index in [-0.39, 0.29) is 11.8 Å². The monoisotopic (exact) mass is 444 g/mol. The first kappa shape index (κ1) is 23.6. The summed E-state index contributed by atoms with van der Waals surface area (Å²) in [6.07, 6.45) is 1.54. The van der Waals surface area contributed by atoms with Crippen molar-refractivity contribution in [2.24, 2.45) is 0 Å². The van der Waals surface area contributed by atoms with E-state index < -0.39 is 0 Å². The van der Waals surface area contributed by atoms with Crippen molar-refractivity contribution < 1.29 is 19.1 Å². The lowest BCUT2D eigenvalue weighted by Crippen LogP contribution is -2.15. The van der Waals surface area contributed by atoms with Gasteiger partial charge in [0.1, 0.15) is 11.5 Å². The Labute approximate surface area is 194 Å². The molecule has 0 aliphatic heterocycles. The Bertz CT molecular complexity index is 1130. The van der Waals surface area contributed by atoms with Crippen molar-refractivity contribution in [2.45, 2.75) is 20.8 Å². The molecule has 6 nitrogen and oxygen atoms in total. The molecule has 3 aromatic rings. The summed E-state index contributed by atoms with van der Waals surface area (Å²) in [5.74, 6) is 0.311. The van der Waals surface area contributed by atoms with Crippen molar-refractivity contribution in [3.63, 3.8) is 0 Å². The highest BCUT2D eigenvalue weighted by atomic mass is 16.5. The van der Waals surface area contributed by atoms with Crippen LogP contribution in [0.5, 0.6) is 11.5 Å². The molecule has 0 heterocycles. The van der Waals surface area contributed by atoms with E-state index in [0.717, 1.165) is 11.1 Å². The van der Waals surface area contributed by atoms with E-state index in [2.05, 4.69) is 10.6 Å². The van der Waals surface area contributed by atoms with E-state index in [9.17, 15) is 9.59 Å². The zero-order chi connectivity index (χ0) is 23.6. The molecule has 170 valence electrons. The predicted molar refractivity (Wildman–Crippen MR) is 132 cm³/mol. The first-order valence-electron chi connectivity index (χ1n) is 10.9. The van der Waals surface area contributed by atoms with Gasteiger partial charge in [0.15, 0.2) is 0 Å². The number of ether oxygens (including phenoxy) is 2. The van der Waals surface area contributed by atoms with Gasteiger partial charge >= 0.3 is 0 Å². The minimum absolute atomic E-state index is 0.266. The molecular weight excluding hydrogens is 416 g/mol. The number of carbonyl (C=O) groups excluding carboxylic acids is 2. The van der Waals surface area contributed by atoms with Gasteiger partial charge in [0, 0.05) is 23.8 Å². The second-order valence-corrected chi connectivity index (χ2v) is 7.21. The molecule has 0 spiro atoms. The molecule has 0 bridgehead atoms. The number of anilines is 2. The zero-order valence-electron chi connectivity index (χ0n) is 19.1. The zero-order valence-corrected chi connectivity index (χ0v) is 19.1. The van der Waals surface area contributed by atoms with Gasteiger partial charge in [0.2, 0.25) is 5.91 Å². The molecule has 3 rings (SSSR count). The Morgan fingerprint density at radius 3 is 1.76 bits per heavy atom. The highest BCUT2D eigenvalue weighted by Gasteiger charge is 2.16. The summed E-state index contributed by atoms with van der Waals surface area (Å²) in [6, 6.07) is 21.9. The number of benzene rings is 3. The number of rotatable bonds is 9. The van der Waals surface area contributed by atoms with Crippen molar-refractivity contribution in [3.05, 3.63) is 90.0 Å². The molecule has 0 saturated heterocycles. The van der Waals surface area contributed by atoms with Gasteiger partial charge < -0.3 is 20.1 Å². The smallest absolute Gasteiger partial charge is 0.255 e. The summed E-state index contributed by atoms with van der Waals surface area (Å²) in [6.45, 7) is 6.36. The molecule has 0 atom stereocenters. The van der Waals surface area contributed by atoms with Gasteiger partial charge in [-0.1, -0.05) is 48.5 Å². The number of allylic oxidation sites excluding steroid dienone is 1. The Morgan fingerprint density at radius 2 is 1.24 bits per heavy atom. The molecule has 2 N–H and O–H groups in total. The average molecular weight is 445 g/mol. The number of amides is 2. The third-order valence-electron chi connectivity index (χ3n) is 4.80. The van der Waals surface area contributed by atoms with E-state index >= 15 is 0 Å². The van der Waals surface area contributed by atoms with E-state index in [1.807, 2.05) is 57.2 Å². The minimum Gasteiger partial charge on any atom is -0.492 e. The SMILES string of the molecule is CCOc1cc(NC(=O)c2ccccc2)c(OCC)cc1NC(=O)/C=C(/C)c1ccccc1. The minimum atomic E-state index is -0.291. The van der Waals surface area contributed by atoms with Crippen LogP contribution < -0.4 is 20.1 Å². The summed E-state index contributed by atoms with van der Waals surface area (Å²) >= 11 is 0. The number of nitrogens with one attached hydrogen (secondary N) is 2. The van der Waals surface area contributed by atoms with Crippen LogP contribution in [0.4, 0.5) is 11.4 Å². The van der Waals surface area contributed by atoms with Gasteiger partial charge in [-0.15, -0.1) is 0 Å². The molecule has 0 saturated carbocycles. The van der Waals surface area contributed by atoms with Crippen molar-refractivity contribution in [2.75, 3.05) is 23.8 Å². The predicted octanol–water partition coefficient (Wildman–Crippen LogP) is 5.78. The molecule has 0 unspecified atom stereocenters. The van der Waals surface area contributed by atoms with Gasteiger partial charge in [-0.05, 0) is 44.0 Å². The maximum Gasteiger partial charge on any atom is 0.255 e. The Balaban J connectivity index is 1.88. The topological polar surface area (TPSA) is 76.7 Å². The molecule has 0 aliphatic carbocycles. The maximum absolute atomic E-state index is 12.7. The van der Waals surface area contributed by atoms with Gasteiger partial charge in [-0.3, -0.25) is 9.59 Å². The highest BCUT2D eigenvalue weighted by molar-refractivity contribution is 6.07. The normalized spacial score (nSPS) is 10.9. The van der Waals surface area contributed by atoms with Crippen molar-refractivity contribution in [1.29, 1.82) is 0 Å². The lowest BCUT2D eigenvalue weighted by atomic mass is 10.1. The third kappa shape index (κ3) is 6.46. The average Bonchev–Trinajstić information content (AvgIpc) is 2.83.